The Morgan fingerprint density at radius 1 is 1.17 bits per heavy atom. The first-order chi connectivity index (χ1) is 14.5. The summed E-state index contributed by atoms with van der Waals surface area (Å²) in [7, 11) is 0. The number of halogens is 1. The number of hydrogen-bond acceptors (Lipinski definition) is 5. The molecule has 1 fully saturated rings. The lowest BCUT2D eigenvalue weighted by Crippen LogP contribution is -2.41. The van der Waals surface area contributed by atoms with E-state index in [2.05, 4.69) is 5.32 Å². The number of nitrogens with one attached hydrogen (secondary N) is 1. The third kappa shape index (κ3) is 4.63. The summed E-state index contributed by atoms with van der Waals surface area (Å²) in [6.45, 7) is 3.94. The molecular formula is C22H25ClN2O4S. The summed E-state index contributed by atoms with van der Waals surface area (Å²) in [4.78, 5) is 29.2. The number of ether oxygens (including phenoxy) is 2. The Bertz CT molecular complexity index is 922. The second-order valence-electron chi connectivity index (χ2n) is 7.52. The molecule has 1 saturated heterocycles. The Morgan fingerprint density at radius 2 is 1.87 bits per heavy atom. The molecule has 1 atom stereocenters. The second kappa shape index (κ2) is 9.37. The molecule has 6 nitrogen and oxygen atoms in total. The van der Waals surface area contributed by atoms with E-state index >= 15 is 0 Å². The van der Waals surface area contributed by atoms with Crippen LogP contribution in [0.15, 0.2) is 24.3 Å². The Hall–Kier alpha value is -2.09. The van der Waals surface area contributed by atoms with Gasteiger partial charge in [-0.2, -0.15) is 0 Å². The van der Waals surface area contributed by atoms with E-state index in [-0.39, 0.29) is 11.8 Å². The second-order valence-corrected chi connectivity index (χ2v) is 9.06. The largest absolute Gasteiger partial charge is 0.481 e. The van der Waals surface area contributed by atoms with Crippen molar-refractivity contribution in [1.82, 2.24) is 4.90 Å². The average molecular weight is 449 g/mol. The van der Waals surface area contributed by atoms with Crippen LogP contribution in [0.3, 0.4) is 0 Å². The van der Waals surface area contributed by atoms with Crippen LogP contribution in [0.25, 0.3) is 0 Å². The van der Waals surface area contributed by atoms with Crippen LogP contribution < -0.4 is 10.1 Å². The molecule has 160 valence electrons. The summed E-state index contributed by atoms with van der Waals surface area (Å²) >= 11 is 7.43. The minimum absolute atomic E-state index is 0.0146. The number of aryl methyl sites for hydroxylation is 1. The molecule has 1 N–H and O–H groups in total. The summed E-state index contributed by atoms with van der Waals surface area (Å²) in [5, 5.41) is 4.21. The highest BCUT2D eigenvalue weighted by Gasteiger charge is 2.30. The van der Waals surface area contributed by atoms with Gasteiger partial charge in [-0.3, -0.25) is 9.59 Å². The van der Waals surface area contributed by atoms with Gasteiger partial charge in [-0.1, -0.05) is 11.6 Å². The third-order valence-electron chi connectivity index (χ3n) is 5.42. The molecule has 1 aromatic carbocycles. The summed E-state index contributed by atoms with van der Waals surface area (Å²) < 4.78 is 11.1. The monoisotopic (exact) mass is 448 g/mol. The van der Waals surface area contributed by atoms with Crippen molar-refractivity contribution in [3.63, 3.8) is 0 Å². The molecule has 2 aromatic rings. The molecule has 2 amide bonds. The van der Waals surface area contributed by atoms with Crippen molar-refractivity contribution in [1.29, 1.82) is 0 Å². The number of thiophene rings is 1. The topological polar surface area (TPSA) is 67.9 Å². The minimum Gasteiger partial charge on any atom is -0.481 e. The molecule has 1 aliphatic heterocycles. The first-order valence-corrected chi connectivity index (χ1v) is 11.5. The smallest absolute Gasteiger partial charge is 0.265 e. The zero-order chi connectivity index (χ0) is 21.1. The number of carbonyl (C=O) groups is 2. The van der Waals surface area contributed by atoms with E-state index in [9.17, 15) is 9.59 Å². The molecule has 0 saturated carbocycles. The van der Waals surface area contributed by atoms with Crippen molar-refractivity contribution in [2.45, 2.75) is 38.7 Å². The molecule has 0 spiro atoms. The van der Waals surface area contributed by atoms with Crippen molar-refractivity contribution in [3.05, 3.63) is 45.3 Å². The SMILES string of the molecule is CC(Oc1ccc(Cl)cc1)C(=O)Nc1sc2c(c1C(=O)N1CCOCC1)CCCC2. The predicted molar refractivity (Wildman–Crippen MR) is 118 cm³/mol. The van der Waals surface area contributed by atoms with Gasteiger partial charge in [0.15, 0.2) is 6.10 Å². The zero-order valence-corrected chi connectivity index (χ0v) is 18.5. The third-order valence-corrected chi connectivity index (χ3v) is 6.88. The molecule has 1 aromatic heterocycles. The first-order valence-electron chi connectivity index (χ1n) is 10.3. The Morgan fingerprint density at radius 3 is 2.60 bits per heavy atom. The molecule has 0 radical (unpaired) electrons. The number of hydrogen-bond donors (Lipinski definition) is 1. The Balaban J connectivity index is 1.53. The highest BCUT2D eigenvalue weighted by atomic mass is 35.5. The van der Waals surface area contributed by atoms with Crippen LogP contribution in [-0.2, 0) is 22.4 Å². The van der Waals surface area contributed by atoms with Crippen molar-refractivity contribution >= 4 is 39.8 Å². The van der Waals surface area contributed by atoms with Crippen LogP contribution in [0.1, 0.15) is 40.6 Å². The summed E-state index contributed by atoms with van der Waals surface area (Å²) in [5.41, 5.74) is 1.76. The van der Waals surface area contributed by atoms with Crippen LogP contribution in [-0.4, -0.2) is 49.1 Å². The quantitative estimate of drug-likeness (QED) is 0.745. The van der Waals surface area contributed by atoms with E-state index < -0.39 is 6.10 Å². The van der Waals surface area contributed by atoms with Crippen molar-refractivity contribution in [2.75, 3.05) is 31.6 Å². The number of fused-ring (bicyclic) bond motifs is 1. The van der Waals surface area contributed by atoms with Gasteiger partial charge in [0.1, 0.15) is 10.8 Å². The van der Waals surface area contributed by atoms with E-state index in [1.54, 1.807) is 31.2 Å². The number of amides is 2. The van der Waals surface area contributed by atoms with Crippen LogP contribution in [0.4, 0.5) is 5.00 Å². The molecule has 1 unspecified atom stereocenters. The number of rotatable bonds is 5. The lowest BCUT2D eigenvalue weighted by Gasteiger charge is -2.28. The van der Waals surface area contributed by atoms with E-state index in [0.29, 0.717) is 47.6 Å². The van der Waals surface area contributed by atoms with E-state index in [1.165, 1.54) is 16.2 Å². The number of carbonyl (C=O) groups excluding carboxylic acids is 2. The first kappa shape index (κ1) is 21.2. The maximum absolute atomic E-state index is 13.3. The fraction of sp³-hybridized carbons (Fsp3) is 0.455. The molecule has 2 aliphatic rings. The van der Waals surface area contributed by atoms with Gasteiger partial charge in [-0.05, 0) is 62.4 Å². The molecule has 30 heavy (non-hydrogen) atoms. The van der Waals surface area contributed by atoms with Gasteiger partial charge >= 0.3 is 0 Å². The fourth-order valence-corrected chi connectivity index (χ4v) is 5.20. The van der Waals surface area contributed by atoms with Crippen LogP contribution in [0, 0.1) is 0 Å². The van der Waals surface area contributed by atoms with Crippen LogP contribution in [0.5, 0.6) is 5.75 Å². The summed E-state index contributed by atoms with van der Waals surface area (Å²) in [5.74, 6) is 0.274. The number of benzene rings is 1. The number of anilines is 1. The van der Waals surface area contributed by atoms with E-state index in [0.717, 1.165) is 31.2 Å². The highest BCUT2D eigenvalue weighted by molar-refractivity contribution is 7.17. The molecule has 4 rings (SSSR count). The fourth-order valence-electron chi connectivity index (χ4n) is 3.79. The molecule has 8 heteroatoms. The lowest BCUT2D eigenvalue weighted by atomic mass is 9.95. The van der Waals surface area contributed by atoms with Crippen LogP contribution >= 0.6 is 22.9 Å². The maximum Gasteiger partial charge on any atom is 0.265 e. The summed E-state index contributed by atoms with van der Waals surface area (Å²) in [6.07, 6.45) is 3.30. The molecule has 2 heterocycles. The van der Waals surface area contributed by atoms with E-state index in [4.69, 9.17) is 21.1 Å². The van der Waals surface area contributed by atoms with Gasteiger partial charge in [0.2, 0.25) is 0 Å². The molecular weight excluding hydrogens is 424 g/mol. The lowest BCUT2D eigenvalue weighted by molar-refractivity contribution is -0.122. The van der Waals surface area contributed by atoms with Gasteiger partial charge in [0, 0.05) is 23.0 Å². The van der Waals surface area contributed by atoms with Crippen molar-refractivity contribution < 1.29 is 19.1 Å². The van der Waals surface area contributed by atoms with Crippen molar-refractivity contribution in [2.24, 2.45) is 0 Å². The minimum atomic E-state index is -0.711. The van der Waals surface area contributed by atoms with Gasteiger partial charge < -0.3 is 19.7 Å². The van der Waals surface area contributed by atoms with Gasteiger partial charge in [-0.25, -0.2) is 0 Å². The van der Waals surface area contributed by atoms with Gasteiger partial charge in [0.25, 0.3) is 11.8 Å². The van der Waals surface area contributed by atoms with Gasteiger partial charge in [-0.15, -0.1) is 11.3 Å². The number of morpholine rings is 1. The predicted octanol–water partition coefficient (Wildman–Crippen LogP) is 4.16. The zero-order valence-electron chi connectivity index (χ0n) is 16.9. The Labute approximate surface area is 185 Å². The normalized spacial score (nSPS) is 17.2. The van der Waals surface area contributed by atoms with Crippen LogP contribution in [0.2, 0.25) is 5.02 Å². The highest BCUT2D eigenvalue weighted by Crippen LogP contribution is 2.39. The van der Waals surface area contributed by atoms with E-state index in [1.807, 2.05) is 4.90 Å². The van der Waals surface area contributed by atoms with Crippen molar-refractivity contribution in [3.8, 4) is 5.75 Å². The number of nitrogens with zero attached hydrogens (tertiary/aromatic N) is 1. The standard InChI is InChI=1S/C22H25ClN2O4S/c1-14(29-16-8-6-15(23)7-9-16)20(26)24-21-19(17-4-2-3-5-18(17)30-21)22(27)25-10-12-28-13-11-25/h6-9,14H,2-5,10-13H2,1H3,(H,24,26). The molecule has 1 aliphatic carbocycles. The maximum atomic E-state index is 13.3. The summed E-state index contributed by atoms with van der Waals surface area (Å²) in [6, 6.07) is 6.88. The van der Waals surface area contributed by atoms with Gasteiger partial charge in [0.05, 0.1) is 18.8 Å². The average Bonchev–Trinajstić information content (AvgIpc) is 3.13. The molecule has 0 bridgehead atoms. The Kier molecular flexibility index (Phi) is 6.61.